The zero-order valence-corrected chi connectivity index (χ0v) is 13.7. The van der Waals surface area contributed by atoms with Gasteiger partial charge in [0.1, 0.15) is 11.8 Å². The Morgan fingerprint density at radius 1 is 1.41 bits per heavy atom. The lowest BCUT2D eigenvalue weighted by Gasteiger charge is -2.32. The minimum Gasteiger partial charge on any atom is -0.480 e. The lowest BCUT2D eigenvalue weighted by atomic mass is 10.1. The Labute approximate surface area is 134 Å². The Kier molecular flexibility index (Phi) is 4.66. The number of halogens is 1. The Morgan fingerprint density at radius 2 is 2.09 bits per heavy atom. The molecule has 1 aliphatic rings. The van der Waals surface area contributed by atoms with Crippen molar-refractivity contribution in [2.75, 3.05) is 6.54 Å². The predicted octanol–water partition coefficient (Wildman–Crippen LogP) is 2.88. The Balaban J connectivity index is 2.16. The number of aliphatic carboxylic acids is 1. The maximum Gasteiger partial charge on any atom is 0.326 e. The lowest BCUT2D eigenvalue weighted by Crippen LogP contribution is -2.52. The van der Waals surface area contributed by atoms with Gasteiger partial charge in [0.2, 0.25) is 0 Å². The molecule has 1 unspecified atom stereocenters. The first-order valence-corrected chi connectivity index (χ1v) is 7.59. The molecule has 5 nitrogen and oxygen atoms in total. The molecule has 6 heteroatoms. The summed E-state index contributed by atoms with van der Waals surface area (Å²) in [6, 6.07) is 4.41. The van der Waals surface area contributed by atoms with Crippen LogP contribution in [0.3, 0.4) is 0 Å². The molecule has 0 bridgehead atoms. The van der Waals surface area contributed by atoms with E-state index in [2.05, 4.69) is 0 Å². The van der Waals surface area contributed by atoms with Crippen LogP contribution in [0, 0.1) is 6.92 Å². The number of carbonyl (C=O) groups excluding carboxylic acids is 1. The maximum atomic E-state index is 12.6. The van der Waals surface area contributed by atoms with Crippen molar-refractivity contribution in [3.63, 3.8) is 0 Å². The molecule has 0 aromatic heterocycles. The third-order valence-corrected chi connectivity index (χ3v) is 4.24. The van der Waals surface area contributed by atoms with E-state index in [9.17, 15) is 14.7 Å². The first-order chi connectivity index (χ1) is 10.2. The number of carboxylic acid groups (broad SMARTS) is 1. The van der Waals surface area contributed by atoms with Crippen LogP contribution >= 0.6 is 11.6 Å². The molecule has 1 saturated heterocycles. The van der Waals surface area contributed by atoms with Gasteiger partial charge in [-0.05, 0) is 57.4 Å². The summed E-state index contributed by atoms with van der Waals surface area (Å²) in [6.45, 7) is 5.60. The summed E-state index contributed by atoms with van der Waals surface area (Å²) in [5.74, 6) is -0.750. The number of amides is 1. The number of hydrogen-bond donors (Lipinski definition) is 1. The molecule has 2 rings (SSSR count). The van der Waals surface area contributed by atoms with Gasteiger partial charge >= 0.3 is 5.97 Å². The van der Waals surface area contributed by atoms with Gasteiger partial charge in [-0.25, -0.2) is 4.79 Å². The van der Waals surface area contributed by atoms with E-state index in [1.165, 1.54) is 4.90 Å². The lowest BCUT2D eigenvalue weighted by molar-refractivity contribution is -0.155. The zero-order chi connectivity index (χ0) is 16.5. The average Bonchev–Trinajstić information content (AvgIpc) is 2.91. The highest BCUT2D eigenvalue weighted by Gasteiger charge is 2.42. The number of likely N-dealkylation sites (tertiary alicyclic amines) is 1. The van der Waals surface area contributed by atoms with E-state index in [0.29, 0.717) is 30.2 Å². The molecule has 0 radical (unpaired) electrons. The molecule has 0 spiro atoms. The van der Waals surface area contributed by atoms with E-state index in [-0.39, 0.29) is 5.91 Å². The number of aryl methyl sites for hydroxylation is 1. The molecular formula is C16H20ClNO4. The van der Waals surface area contributed by atoms with E-state index in [1.54, 1.807) is 32.0 Å². The molecule has 1 amide bonds. The summed E-state index contributed by atoms with van der Waals surface area (Å²) in [5.41, 5.74) is -0.287. The minimum absolute atomic E-state index is 0.315. The number of benzene rings is 1. The largest absolute Gasteiger partial charge is 0.480 e. The Bertz CT molecular complexity index is 600. The fourth-order valence-electron chi connectivity index (χ4n) is 2.63. The fourth-order valence-corrected chi connectivity index (χ4v) is 2.75. The quantitative estimate of drug-likeness (QED) is 0.924. The van der Waals surface area contributed by atoms with Crippen LogP contribution in [0.15, 0.2) is 18.2 Å². The van der Waals surface area contributed by atoms with Crippen LogP contribution in [0.25, 0.3) is 0 Å². The summed E-state index contributed by atoms with van der Waals surface area (Å²) in [6.07, 6.45) is 1.18. The smallest absolute Gasteiger partial charge is 0.326 e. The third kappa shape index (κ3) is 3.35. The second-order valence-corrected chi connectivity index (χ2v) is 6.43. The van der Waals surface area contributed by atoms with Gasteiger partial charge in [0.15, 0.2) is 5.60 Å². The molecule has 0 saturated carbocycles. The second-order valence-electron chi connectivity index (χ2n) is 6.02. The van der Waals surface area contributed by atoms with Gasteiger partial charge in [0.05, 0.1) is 0 Å². The first kappa shape index (κ1) is 16.6. The summed E-state index contributed by atoms with van der Waals surface area (Å²) in [5, 5.41) is 9.83. The standard InChI is InChI=1S/C16H20ClNO4/c1-10-9-11(6-7-12(10)17)22-16(2,3)15(21)18-8-4-5-13(18)14(19)20/h6-7,9,13H,4-5,8H2,1-3H3,(H,19,20). The highest BCUT2D eigenvalue weighted by atomic mass is 35.5. The summed E-state index contributed by atoms with van der Waals surface area (Å²) >= 11 is 5.98. The molecule has 1 heterocycles. The summed E-state index contributed by atoms with van der Waals surface area (Å²) in [7, 11) is 0. The molecule has 22 heavy (non-hydrogen) atoms. The zero-order valence-electron chi connectivity index (χ0n) is 12.9. The van der Waals surface area contributed by atoms with Gasteiger partial charge in [-0.3, -0.25) is 4.79 Å². The van der Waals surface area contributed by atoms with Crippen LogP contribution in [-0.2, 0) is 9.59 Å². The van der Waals surface area contributed by atoms with Crippen LogP contribution in [0.5, 0.6) is 5.75 Å². The molecule has 1 atom stereocenters. The Hall–Kier alpha value is -1.75. The number of carboxylic acids is 1. The average molecular weight is 326 g/mol. The van der Waals surface area contributed by atoms with Gasteiger partial charge in [-0.1, -0.05) is 11.6 Å². The molecule has 1 aliphatic heterocycles. The van der Waals surface area contributed by atoms with Gasteiger partial charge < -0.3 is 14.7 Å². The molecule has 1 aromatic rings. The van der Waals surface area contributed by atoms with Crippen LogP contribution in [-0.4, -0.2) is 40.1 Å². The van der Waals surface area contributed by atoms with Crippen molar-refractivity contribution in [2.24, 2.45) is 0 Å². The number of rotatable bonds is 4. The van der Waals surface area contributed by atoms with Crippen LogP contribution in [0.1, 0.15) is 32.3 Å². The van der Waals surface area contributed by atoms with Crippen molar-refractivity contribution >= 4 is 23.5 Å². The monoisotopic (exact) mass is 325 g/mol. The number of nitrogens with zero attached hydrogens (tertiary/aromatic N) is 1. The van der Waals surface area contributed by atoms with Gasteiger partial charge in [0.25, 0.3) is 5.91 Å². The van der Waals surface area contributed by atoms with Gasteiger partial charge in [-0.2, -0.15) is 0 Å². The van der Waals surface area contributed by atoms with Gasteiger partial charge in [-0.15, -0.1) is 0 Å². The van der Waals surface area contributed by atoms with E-state index in [0.717, 1.165) is 5.56 Å². The van der Waals surface area contributed by atoms with Crippen LogP contribution in [0.4, 0.5) is 0 Å². The van der Waals surface area contributed by atoms with Crippen molar-refractivity contribution in [3.8, 4) is 5.75 Å². The van der Waals surface area contributed by atoms with E-state index in [1.807, 2.05) is 6.92 Å². The van der Waals surface area contributed by atoms with Crippen molar-refractivity contribution in [2.45, 2.75) is 45.3 Å². The number of ether oxygens (including phenoxy) is 1. The maximum absolute atomic E-state index is 12.6. The van der Waals surface area contributed by atoms with Crippen molar-refractivity contribution in [1.82, 2.24) is 4.90 Å². The fraction of sp³-hybridized carbons (Fsp3) is 0.500. The highest BCUT2D eigenvalue weighted by Crippen LogP contribution is 2.27. The summed E-state index contributed by atoms with van der Waals surface area (Å²) in [4.78, 5) is 25.3. The Morgan fingerprint density at radius 3 is 2.68 bits per heavy atom. The van der Waals surface area contributed by atoms with Crippen LogP contribution in [0.2, 0.25) is 5.02 Å². The highest BCUT2D eigenvalue weighted by molar-refractivity contribution is 6.31. The van der Waals surface area contributed by atoms with E-state index >= 15 is 0 Å². The predicted molar refractivity (Wildman–Crippen MR) is 83.3 cm³/mol. The van der Waals surface area contributed by atoms with Crippen molar-refractivity contribution in [3.05, 3.63) is 28.8 Å². The SMILES string of the molecule is Cc1cc(OC(C)(C)C(=O)N2CCCC2C(=O)O)ccc1Cl. The van der Waals surface area contributed by atoms with Crippen molar-refractivity contribution in [1.29, 1.82) is 0 Å². The number of hydrogen-bond acceptors (Lipinski definition) is 3. The molecular weight excluding hydrogens is 306 g/mol. The number of carbonyl (C=O) groups is 2. The van der Waals surface area contributed by atoms with Crippen molar-refractivity contribution < 1.29 is 19.4 Å². The van der Waals surface area contributed by atoms with Gasteiger partial charge in [0, 0.05) is 11.6 Å². The molecule has 1 N–H and O–H groups in total. The summed E-state index contributed by atoms with van der Waals surface area (Å²) < 4.78 is 5.80. The topological polar surface area (TPSA) is 66.8 Å². The van der Waals surface area contributed by atoms with E-state index in [4.69, 9.17) is 16.3 Å². The molecule has 0 aliphatic carbocycles. The minimum atomic E-state index is -1.14. The third-order valence-electron chi connectivity index (χ3n) is 3.82. The van der Waals surface area contributed by atoms with E-state index < -0.39 is 17.6 Å². The molecule has 120 valence electrons. The van der Waals surface area contributed by atoms with Crippen LogP contribution < -0.4 is 4.74 Å². The second kappa shape index (κ2) is 6.16. The molecule has 1 fully saturated rings. The normalized spacial score (nSPS) is 18.4. The molecule has 1 aromatic carbocycles. The first-order valence-electron chi connectivity index (χ1n) is 7.21.